The van der Waals surface area contributed by atoms with Crippen LogP contribution < -0.4 is 5.32 Å². The standard InChI is InChI=1S/C12H19NO4/c14-7-4-2-1-3-6-13-9-11-10(12(15)16)5-8-17-11/h5,8,13-14H,1-4,6-7,9H2,(H,15,16). The molecule has 1 aromatic rings. The Morgan fingerprint density at radius 2 is 2.06 bits per heavy atom. The molecule has 0 bridgehead atoms. The van der Waals surface area contributed by atoms with E-state index in [1.165, 1.54) is 12.3 Å². The number of hydrogen-bond acceptors (Lipinski definition) is 4. The van der Waals surface area contributed by atoms with Gasteiger partial charge in [0.25, 0.3) is 0 Å². The van der Waals surface area contributed by atoms with Gasteiger partial charge in [0.05, 0.1) is 12.8 Å². The summed E-state index contributed by atoms with van der Waals surface area (Å²) in [6, 6.07) is 1.46. The van der Waals surface area contributed by atoms with Crippen molar-refractivity contribution in [2.45, 2.75) is 32.2 Å². The highest BCUT2D eigenvalue weighted by Gasteiger charge is 2.12. The van der Waals surface area contributed by atoms with Crippen LogP contribution in [0.1, 0.15) is 41.8 Å². The zero-order valence-electron chi connectivity index (χ0n) is 9.82. The zero-order valence-corrected chi connectivity index (χ0v) is 9.82. The number of furan rings is 1. The smallest absolute Gasteiger partial charge is 0.339 e. The first kappa shape index (κ1) is 13.7. The van der Waals surface area contributed by atoms with Crippen molar-refractivity contribution in [2.75, 3.05) is 13.2 Å². The minimum atomic E-state index is -0.960. The number of carboxylic acids is 1. The maximum absolute atomic E-state index is 10.8. The van der Waals surface area contributed by atoms with Crippen LogP contribution in [0.3, 0.4) is 0 Å². The monoisotopic (exact) mass is 241 g/mol. The first-order valence-electron chi connectivity index (χ1n) is 5.87. The Hall–Kier alpha value is -1.33. The van der Waals surface area contributed by atoms with Gasteiger partial charge in [-0.3, -0.25) is 0 Å². The quantitative estimate of drug-likeness (QED) is 0.572. The summed E-state index contributed by atoms with van der Waals surface area (Å²) in [4.78, 5) is 10.8. The summed E-state index contributed by atoms with van der Waals surface area (Å²) in [7, 11) is 0. The molecule has 0 amide bonds. The molecule has 5 heteroatoms. The fourth-order valence-electron chi connectivity index (χ4n) is 1.59. The summed E-state index contributed by atoms with van der Waals surface area (Å²) in [5, 5.41) is 20.6. The Morgan fingerprint density at radius 1 is 1.29 bits per heavy atom. The molecule has 5 nitrogen and oxygen atoms in total. The molecule has 17 heavy (non-hydrogen) atoms. The van der Waals surface area contributed by atoms with E-state index in [1.807, 2.05) is 0 Å². The number of aromatic carboxylic acids is 1. The molecule has 0 aliphatic carbocycles. The molecule has 0 spiro atoms. The first-order valence-corrected chi connectivity index (χ1v) is 5.87. The van der Waals surface area contributed by atoms with Crippen LogP contribution in [0.15, 0.2) is 16.7 Å². The van der Waals surface area contributed by atoms with Crippen molar-refractivity contribution in [2.24, 2.45) is 0 Å². The third kappa shape index (κ3) is 5.01. The summed E-state index contributed by atoms with van der Waals surface area (Å²) in [5.41, 5.74) is 0.220. The van der Waals surface area contributed by atoms with Crippen LogP contribution in [0, 0.1) is 0 Å². The Labute approximate surface area is 100 Å². The van der Waals surface area contributed by atoms with E-state index in [4.69, 9.17) is 14.6 Å². The number of rotatable bonds is 9. The lowest BCUT2D eigenvalue weighted by atomic mass is 10.2. The van der Waals surface area contributed by atoms with Gasteiger partial charge in [-0.1, -0.05) is 12.8 Å². The van der Waals surface area contributed by atoms with Gasteiger partial charge in [-0.25, -0.2) is 4.79 Å². The SMILES string of the molecule is O=C(O)c1ccoc1CNCCCCCCO. The molecule has 1 rings (SSSR count). The van der Waals surface area contributed by atoms with Gasteiger partial charge in [-0.05, 0) is 25.5 Å². The lowest BCUT2D eigenvalue weighted by Crippen LogP contribution is -2.16. The second-order valence-corrected chi connectivity index (χ2v) is 3.88. The van der Waals surface area contributed by atoms with Crippen molar-refractivity contribution in [3.05, 3.63) is 23.7 Å². The van der Waals surface area contributed by atoms with E-state index in [1.54, 1.807) is 0 Å². The normalized spacial score (nSPS) is 10.6. The molecular formula is C12H19NO4. The van der Waals surface area contributed by atoms with Gasteiger partial charge in [-0.2, -0.15) is 0 Å². The van der Waals surface area contributed by atoms with Crippen LogP contribution in [-0.2, 0) is 6.54 Å². The van der Waals surface area contributed by atoms with Crippen LogP contribution in [0.2, 0.25) is 0 Å². The summed E-state index contributed by atoms with van der Waals surface area (Å²) >= 11 is 0. The van der Waals surface area contributed by atoms with E-state index in [2.05, 4.69) is 5.32 Å². The van der Waals surface area contributed by atoms with Crippen molar-refractivity contribution in [3.63, 3.8) is 0 Å². The minimum Gasteiger partial charge on any atom is -0.478 e. The molecule has 0 unspecified atom stereocenters. The molecule has 1 aromatic heterocycles. The number of unbranched alkanes of at least 4 members (excludes halogenated alkanes) is 3. The number of aliphatic hydroxyl groups is 1. The van der Waals surface area contributed by atoms with Gasteiger partial charge < -0.3 is 19.9 Å². The van der Waals surface area contributed by atoms with E-state index in [9.17, 15) is 4.79 Å². The second kappa shape index (κ2) is 7.86. The third-order valence-electron chi connectivity index (χ3n) is 2.52. The van der Waals surface area contributed by atoms with Gasteiger partial charge in [0.15, 0.2) is 0 Å². The summed E-state index contributed by atoms with van der Waals surface area (Å²) in [6.45, 7) is 1.52. The van der Waals surface area contributed by atoms with Crippen molar-refractivity contribution in [1.82, 2.24) is 5.32 Å². The van der Waals surface area contributed by atoms with Gasteiger partial charge >= 0.3 is 5.97 Å². The molecule has 3 N–H and O–H groups in total. The van der Waals surface area contributed by atoms with Crippen LogP contribution in [0.25, 0.3) is 0 Å². The van der Waals surface area contributed by atoms with Crippen LogP contribution in [-0.4, -0.2) is 29.3 Å². The molecule has 0 aliphatic heterocycles. The summed E-state index contributed by atoms with van der Waals surface area (Å²) in [5.74, 6) is -0.494. The van der Waals surface area contributed by atoms with Crippen LogP contribution in [0.4, 0.5) is 0 Å². The Morgan fingerprint density at radius 3 is 2.76 bits per heavy atom. The summed E-state index contributed by atoms with van der Waals surface area (Å²) < 4.78 is 5.09. The lowest BCUT2D eigenvalue weighted by molar-refractivity contribution is 0.0694. The van der Waals surface area contributed by atoms with E-state index < -0.39 is 5.97 Å². The van der Waals surface area contributed by atoms with E-state index in [0.29, 0.717) is 12.3 Å². The van der Waals surface area contributed by atoms with E-state index in [0.717, 1.165) is 32.2 Å². The second-order valence-electron chi connectivity index (χ2n) is 3.88. The van der Waals surface area contributed by atoms with E-state index >= 15 is 0 Å². The Bertz CT molecular complexity index is 335. The first-order chi connectivity index (χ1) is 8.25. The number of aliphatic hydroxyl groups excluding tert-OH is 1. The molecule has 0 atom stereocenters. The molecule has 0 aromatic carbocycles. The van der Waals surface area contributed by atoms with Crippen LogP contribution >= 0.6 is 0 Å². The Balaban J connectivity index is 2.14. The number of carboxylic acid groups (broad SMARTS) is 1. The number of hydrogen-bond donors (Lipinski definition) is 3. The highest BCUT2D eigenvalue weighted by Crippen LogP contribution is 2.10. The summed E-state index contributed by atoms with van der Waals surface area (Å²) in [6.07, 6.45) is 5.35. The van der Waals surface area contributed by atoms with Crippen molar-refractivity contribution < 1.29 is 19.4 Å². The van der Waals surface area contributed by atoms with Crippen molar-refractivity contribution >= 4 is 5.97 Å². The predicted molar refractivity (Wildman–Crippen MR) is 62.9 cm³/mol. The fourth-order valence-corrected chi connectivity index (χ4v) is 1.59. The Kier molecular flexibility index (Phi) is 6.35. The fraction of sp³-hybridized carbons (Fsp3) is 0.583. The van der Waals surface area contributed by atoms with Gasteiger partial charge in [0.2, 0.25) is 0 Å². The molecule has 0 radical (unpaired) electrons. The van der Waals surface area contributed by atoms with Gasteiger partial charge in [0.1, 0.15) is 11.3 Å². The third-order valence-corrected chi connectivity index (χ3v) is 2.52. The molecule has 0 fully saturated rings. The maximum atomic E-state index is 10.8. The highest BCUT2D eigenvalue weighted by atomic mass is 16.4. The molecule has 0 aliphatic rings. The molecular weight excluding hydrogens is 222 g/mol. The minimum absolute atomic E-state index is 0.220. The number of nitrogens with one attached hydrogen (secondary N) is 1. The van der Waals surface area contributed by atoms with E-state index in [-0.39, 0.29) is 12.2 Å². The number of carbonyl (C=O) groups is 1. The molecule has 96 valence electrons. The largest absolute Gasteiger partial charge is 0.478 e. The average Bonchev–Trinajstić information content (AvgIpc) is 2.76. The van der Waals surface area contributed by atoms with Crippen molar-refractivity contribution in [1.29, 1.82) is 0 Å². The van der Waals surface area contributed by atoms with Crippen LogP contribution in [0.5, 0.6) is 0 Å². The molecule has 0 saturated heterocycles. The lowest BCUT2D eigenvalue weighted by Gasteiger charge is -2.03. The average molecular weight is 241 g/mol. The topological polar surface area (TPSA) is 82.7 Å². The van der Waals surface area contributed by atoms with Crippen molar-refractivity contribution in [3.8, 4) is 0 Å². The molecule has 1 heterocycles. The maximum Gasteiger partial charge on any atom is 0.339 e. The zero-order chi connectivity index (χ0) is 12.5. The van der Waals surface area contributed by atoms with Gasteiger partial charge in [-0.15, -0.1) is 0 Å². The van der Waals surface area contributed by atoms with Gasteiger partial charge in [0, 0.05) is 6.61 Å². The predicted octanol–water partition coefficient (Wildman–Crippen LogP) is 1.62. The molecule has 0 saturated carbocycles. The highest BCUT2D eigenvalue weighted by molar-refractivity contribution is 5.88.